The van der Waals surface area contributed by atoms with Gasteiger partial charge in [-0.25, -0.2) is 0 Å². The maximum absolute atomic E-state index is 6.32. The van der Waals surface area contributed by atoms with E-state index in [0.29, 0.717) is 0 Å². The highest BCUT2D eigenvalue weighted by atomic mass is 79.9. The summed E-state index contributed by atoms with van der Waals surface area (Å²) in [5.41, 5.74) is 7.18. The fourth-order valence-corrected chi connectivity index (χ4v) is 4.83. The molecule has 3 nitrogen and oxygen atoms in total. The molecule has 0 bridgehead atoms. The van der Waals surface area contributed by atoms with Gasteiger partial charge in [0.05, 0.1) is 12.2 Å². The molecule has 2 aliphatic heterocycles. The summed E-state index contributed by atoms with van der Waals surface area (Å²) in [5, 5.41) is 0. The van der Waals surface area contributed by atoms with Crippen molar-refractivity contribution in [2.24, 2.45) is 5.73 Å². The normalized spacial score (nSPS) is 30.5. The molecule has 116 valence electrons. The van der Waals surface area contributed by atoms with E-state index in [0.717, 1.165) is 47.4 Å². The predicted molar refractivity (Wildman–Crippen MR) is 91.0 cm³/mol. The van der Waals surface area contributed by atoms with Gasteiger partial charge in [-0.15, -0.1) is 0 Å². The lowest BCUT2D eigenvalue weighted by molar-refractivity contribution is -0.0960. The Balaban J connectivity index is 1.75. The molecule has 0 aromatic heterocycles. The molecular formula is C16H22BrNO2S. The van der Waals surface area contributed by atoms with Gasteiger partial charge in [-0.3, -0.25) is 0 Å². The summed E-state index contributed by atoms with van der Waals surface area (Å²) in [7, 11) is 0. The summed E-state index contributed by atoms with van der Waals surface area (Å²) in [6.07, 6.45) is 3.32. The molecule has 2 aliphatic rings. The number of halogens is 1. The Hall–Kier alpha value is -0.230. The van der Waals surface area contributed by atoms with Crippen LogP contribution in [0.25, 0.3) is 0 Å². The van der Waals surface area contributed by atoms with E-state index in [9.17, 15) is 0 Å². The van der Waals surface area contributed by atoms with E-state index in [1.807, 2.05) is 36.9 Å². The van der Waals surface area contributed by atoms with Crippen LogP contribution in [-0.4, -0.2) is 29.8 Å². The Morgan fingerprint density at radius 2 is 2.38 bits per heavy atom. The smallest absolute Gasteiger partial charge is 0.125 e. The second-order valence-electron chi connectivity index (χ2n) is 6.04. The van der Waals surface area contributed by atoms with Crippen LogP contribution in [0.4, 0.5) is 0 Å². The molecule has 0 saturated carbocycles. The van der Waals surface area contributed by atoms with Gasteiger partial charge >= 0.3 is 0 Å². The molecule has 1 aromatic rings. The monoisotopic (exact) mass is 371 g/mol. The van der Waals surface area contributed by atoms with E-state index in [1.165, 1.54) is 5.75 Å². The standard InChI is InChI=1S/C16H22BrNO2S/c1-11(18)14-3-2-12(17)8-15(14)20-13-4-6-19-16(9-13)5-7-21-10-16/h2-3,8,11,13H,4-7,9-10,18H2,1H3. The van der Waals surface area contributed by atoms with Crippen molar-refractivity contribution >= 4 is 27.7 Å². The van der Waals surface area contributed by atoms with Crippen molar-refractivity contribution in [3.8, 4) is 5.75 Å². The Bertz CT molecular complexity index is 503. The topological polar surface area (TPSA) is 44.5 Å². The maximum Gasteiger partial charge on any atom is 0.125 e. The van der Waals surface area contributed by atoms with Crippen molar-refractivity contribution < 1.29 is 9.47 Å². The van der Waals surface area contributed by atoms with Crippen molar-refractivity contribution in [2.75, 3.05) is 18.1 Å². The molecule has 3 unspecified atom stereocenters. The van der Waals surface area contributed by atoms with E-state index in [2.05, 4.69) is 15.9 Å². The summed E-state index contributed by atoms with van der Waals surface area (Å²) in [6.45, 7) is 2.79. The van der Waals surface area contributed by atoms with E-state index in [1.54, 1.807) is 0 Å². The van der Waals surface area contributed by atoms with E-state index in [-0.39, 0.29) is 17.7 Å². The minimum atomic E-state index is -0.0241. The number of ether oxygens (including phenoxy) is 2. The number of thioether (sulfide) groups is 1. The maximum atomic E-state index is 6.32. The molecule has 21 heavy (non-hydrogen) atoms. The Morgan fingerprint density at radius 3 is 3.10 bits per heavy atom. The predicted octanol–water partition coefficient (Wildman–Crippen LogP) is 3.90. The Kier molecular flexibility index (Phi) is 4.84. The van der Waals surface area contributed by atoms with Gasteiger partial charge in [-0.1, -0.05) is 22.0 Å². The van der Waals surface area contributed by atoms with Crippen LogP contribution in [0.15, 0.2) is 22.7 Å². The molecule has 2 fully saturated rings. The van der Waals surface area contributed by atoms with Crippen molar-refractivity contribution in [1.29, 1.82) is 0 Å². The van der Waals surface area contributed by atoms with Gasteiger partial charge in [0.25, 0.3) is 0 Å². The molecule has 1 aromatic carbocycles. The summed E-state index contributed by atoms with van der Waals surface area (Å²) in [6, 6.07) is 6.07. The lowest BCUT2D eigenvalue weighted by atomic mass is 9.91. The summed E-state index contributed by atoms with van der Waals surface area (Å²) in [4.78, 5) is 0. The van der Waals surface area contributed by atoms with Gasteiger partial charge < -0.3 is 15.2 Å². The van der Waals surface area contributed by atoms with Crippen molar-refractivity contribution in [3.05, 3.63) is 28.2 Å². The zero-order chi connectivity index (χ0) is 14.9. The van der Waals surface area contributed by atoms with Gasteiger partial charge in [0.1, 0.15) is 11.9 Å². The summed E-state index contributed by atoms with van der Waals surface area (Å²) in [5.74, 6) is 3.22. The second-order valence-corrected chi connectivity index (χ2v) is 8.06. The fourth-order valence-electron chi connectivity index (χ4n) is 3.11. The molecule has 2 saturated heterocycles. The third kappa shape index (κ3) is 3.58. The average Bonchev–Trinajstić information content (AvgIpc) is 2.86. The first-order chi connectivity index (χ1) is 10.1. The average molecular weight is 372 g/mol. The molecule has 3 rings (SSSR count). The largest absolute Gasteiger partial charge is 0.490 e. The number of hydrogen-bond acceptors (Lipinski definition) is 4. The highest BCUT2D eigenvalue weighted by Gasteiger charge is 2.41. The lowest BCUT2D eigenvalue weighted by Crippen LogP contribution is -2.44. The zero-order valence-electron chi connectivity index (χ0n) is 12.3. The van der Waals surface area contributed by atoms with E-state index >= 15 is 0 Å². The number of rotatable bonds is 3. The zero-order valence-corrected chi connectivity index (χ0v) is 14.7. The summed E-state index contributed by atoms with van der Waals surface area (Å²) >= 11 is 5.51. The summed E-state index contributed by atoms with van der Waals surface area (Å²) < 4.78 is 13.4. The molecule has 0 amide bonds. The number of hydrogen-bond donors (Lipinski definition) is 1. The van der Waals surface area contributed by atoms with E-state index < -0.39 is 0 Å². The van der Waals surface area contributed by atoms with Gasteiger partial charge in [-0.05, 0) is 31.2 Å². The van der Waals surface area contributed by atoms with Crippen LogP contribution in [-0.2, 0) is 4.74 Å². The fraction of sp³-hybridized carbons (Fsp3) is 0.625. The lowest BCUT2D eigenvalue weighted by Gasteiger charge is -2.38. The van der Waals surface area contributed by atoms with Crippen LogP contribution in [0.1, 0.15) is 37.8 Å². The van der Waals surface area contributed by atoms with Crippen molar-refractivity contribution in [3.63, 3.8) is 0 Å². The third-order valence-electron chi connectivity index (χ3n) is 4.27. The second kappa shape index (κ2) is 6.49. The number of benzene rings is 1. The molecule has 3 atom stereocenters. The van der Waals surface area contributed by atoms with Crippen LogP contribution in [0.3, 0.4) is 0 Å². The van der Waals surface area contributed by atoms with Crippen LogP contribution in [0.2, 0.25) is 0 Å². The molecule has 0 radical (unpaired) electrons. The Morgan fingerprint density at radius 1 is 1.52 bits per heavy atom. The molecule has 5 heteroatoms. The van der Waals surface area contributed by atoms with Gasteiger partial charge in [-0.2, -0.15) is 11.8 Å². The highest BCUT2D eigenvalue weighted by molar-refractivity contribution is 9.10. The molecule has 2 heterocycles. The quantitative estimate of drug-likeness (QED) is 0.874. The molecule has 0 aliphatic carbocycles. The molecular weight excluding hydrogens is 350 g/mol. The van der Waals surface area contributed by atoms with Crippen molar-refractivity contribution in [1.82, 2.24) is 0 Å². The van der Waals surface area contributed by atoms with E-state index in [4.69, 9.17) is 15.2 Å². The highest BCUT2D eigenvalue weighted by Crippen LogP contribution is 2.40. The van der Waals surface area contributed by atoms with Crippen LogP contribution in [0.5, 0.6) is 5.75 Å². The minimum absolute atomic E-state index is 0.0241. The van der Waals surface area contributed by atoms with Gasteiger partial charge in [0.15, 0.2) is 0 Å². The van der Waals surface area contributed by atoms with Crippen LogP contribution < -0.4 is 10.5 Å². The Labute approximate surface area is 139 Å². The first-order valence-corrected chi connectivity index (χ1v) is 9.46. The first kappa shape index (κ1) is 15.7. The van der Waals surface area contributed by atoms with Crippen LogP contribution >= 0.6 is 27.7 Å². The van der Waals surface area contributed by atoms with Gasteiger partial charge in [0.2, 0.25) is 0 Å². The molecule has 2 N–H and O–H groups in total. The SMILES string of the molecule is CC(N)c1ccc(Br)cc1OC1CCOC2(CCSC2)C1. The first-order valence-electron chi connectivity index (χ1n) is 7.51. The van der Waals surface area contributed by atoms with Crippen molar-refractivity contribution in [2.45, 2.75) is 43.9 Å². The van der Waals surface area contributed by atoms with Gasteiger partial charge in [0, 0.05) is 34.7 Å². The van der Waals surface area contributed by atoms with Crippen LogP contribution in [0, 0.1) is 0 Å². The number of nitrogens with two attached hydrogens (primary N) is 1. The third-order valence-corrected chi connectivity index (χ3v) is 5.99. The minimum Gasteiger partial charge on any atom is -0.490 e. The molecule has 1 spiro atoms.